The molecule has 0 radical (unpaired) electrons. The van der Waals surface area contributed by atoms with Gasteiger partial charge >= 0.3 is 0 Å². The highest BCUT2D eigenvalue weighted by Gasteiger charge is 2.08. The largest absolute Gasteiger partial charge is 0.436 e. The lowest BCUT2D eigenvalue weighted by atomic mass is 10.1. The average molecular weight is 258 g/mol. The number of hydrogen-bond donors (Lipinski definition) is 0. The second-order valence-electron chi connectivity index (χ2n) is 4.18. The molecule has 0 saturated heterocycles. The summed E-state index contributed by atoms with van der Waals surface area (Å²) in [7, 11) is 0. The summed E-state index contributed by atoms with van der Waals surface area (Å²) in [5.74, 6) is 0.634. The van der Waals surface area contributed by atoms with Crippen molar-refractivity contribution in [3.05, 3.63) is 53.1 Å². The summed E-state index contributed by atoms with van der Waals surface area (Å²) >= 11 is 5.87. The Labute approximate surface area is 110 Å². The Kier molecular flexibility index (Phi) is 2.80. The van der Waals surface area contributed by atoms with Crippen LogP contribution in [0, 0.1) is 0 Å². The minimum absolute atomic E-state index is 0.634. The summed E-state index contributed by atoms with van der Waals surface area (Å²) in [4.78, 5) is 4.48. The van der Waals surface area contributed by atoms with Crippen LogP contribution in [-0.2, 0) is 6.42 Å². The molecule has 0 bridgehead atoms. The fourth-order valence-corrected chi connectivity index (χ4v) is 2.03. The van der Waals surface area contributed by atoms with Crippen LogP contribution >= 0.6 is 11.6 Å². The molecule has 0 N–H and O–H groups in total. The van der Waals surface area contributed by atoms with Crippen LogP contribution in [0.15, 0.2) is 46.9 Å². The van der Waals surface area contributed by atoms with Crippen molar-refractivity contribution in [2.45, 2.75) is 13.3 Å². The van der Waals surface area contributed by atoms with Crippen molar-refractivity contribution in [1.29, 1.82) is 0 Å². The molecule has 3 aromatic rings. The molecule has 0 spiro atoms. The first-order chi connectivity index (χ1) is 8.76. The van der Waals surface area contributed by atoms with Crippen molar-refractivity contribution in [1.82, 2.24) is 4.98 Å². The van der Waals surface area contributed by atoms with Gasteiger partial charge in [-0.3, -0.25) is 0 Å². The monoisotopic (exact) mass is 257 g/mol. The van der Waals surface area contributed by atoms with Crippen LogP contribution in [0.5, 0.6) is 0 Å². The van der Waals surface area contributed by atoms with Gasteiger partial charge in [-0.2, -0.15) is 0 Å². The third-order valence-electron chi connectivity index (χ3n) is 2.95. The zero-order valence-electron chi connectivity index (χ0n) is 9.98. The number of hydrogen-bond acceptors (Lipinski definition) is 2. The predicted octanol–water partition coefficient (Wildman–Crippen LogP) is 4.71. The molecule has 0 saturated carbocycles. The van der Waals surface area contributed by atoms with E-state index in [0.29, 0.717) is 10.9 Å². The number of oxazole rings is 1. The molecule has 0 fully saturated rings. The third kappa shape index (κ3) is 2.00. The predicted molar refractivity (Wildman–Crippen MR) is 73.8 cm³/mol. The molecule has 0 aliphatic heterocycles. The zero-order chi connectivity index (χ0) is 12.5. The van der Waals surface area contributed by atoms with Crippen molar-refractivity contribution >= 4 is 22.7 Å². The number of rotatable bonds is 2. The number of aromatic nitrogens is 1. The molecule has 0 aliphatic carbocycles. The van der Waals surface area contributed by atoms with E-state index < -0.39 is 0 Å². The maximum atomic E-state index is 5.87. The lowest BCUT2D eigenvalue weighted by molar-refractivity contribution is 0.619. The molecular formula is C15H12ClNO. The Bertz CT molecular complexity index is 685. The van der Waals surface area contributed by atoms with Gasteiger partial charge in [0.15, 0.2) is 5.58 Å². The van der Waals surface area contributed by atoms with E-state index in [-0.39, 0.29) is 0 Å². The minimum Gasteiger partial charge on any atom is -0.436 e. The Morgan fingerprint density at radius 2 is 1.89 bits per heavy atom. The molecule has 90 valence electrons. The summed E-state index contributed by atoms with van der Waals surface area (Å²) in [6.45, 7) is 2.12. The van der Waals surface area contributed by atoms with Gasteiger partial charge in [-0.05, 0) is 48.4 Å². The Morgan fingerprint density at radius 3 is 2.61 bits per heavy atom. The molecule has 0 atom stereocenters. The number of aryl methyl sites for hydroxylation is 1. The Morgan fingerprint density at radius 1 is 1.11 bits per heavy atom. The molecule has 0 aliphatic rings. The normalized spacial score (nSPS) is 11.0. The molecule has 3 rings (SSSR count). The highest BCUT2D eigenvalue weighted by molar-refractivity contribution is 6.30. The van der Waals surface area contributed by atoms with Gasteiger partial charge < -0.3 is 4.42 Å². The van der Waals surface area contributed by atoms with Crippen LogP contribution in [0.4, 0.5) is 0 Å². The number of nitrogens with zero attached hydrogens (tertiary/aromatic N) is 1. The van der Waals surface area contributed by atoms with E-state index in [1.807, 2.05) is 36.4 Å². The van der Waals surface area contributed by atoms with Crippen LogP contribution in [0.25, 0.3) is 22.6 Å². The van der Waals surface area contributed by atoms with Crippen molar-refractivity contribution < 1.29 is 4.42 Å². The fraction of sp³-hybridized carbons (Fsp3) is 0.133. The number of benzene rings is 2. The molecule has 2 aromatic carbocycles. The van der Waals surface area contributed by atoms with Crippen LogP contribution in [-0.4, -0.2) is 4.98 Å². The summed E-state index contributed by atoms with van der Waals surface area (Å²) < 4.78 is 5.78. The van der Waals surface area contributed by atoms with Gasteiger partial charge in [0.05, 0.1) is 0 Å². The fourth-order valence-electron chi connectivity index (χ4n) is 1.90. The molecule has 3 heteroatoms. The van der Waals surface area contributed by atoms with E-state index in [2.05, 4.69) is 18.0 Å². The maximum absolute atomic E-state index is 5.87. The van der Waals surface area contributed by atoms with Gasteiger partial charge in [-0.1, -0.05) is 24.6 Å². The average Bonchev–Trinajstić information content (AvgIpc) is 2.82. The van der Waals surface area contributed by atoms with Crippen LogP contribution < -0.4 is 0 Å². The number of halogens is 1. The SMILES string of the molecule is CCc1ccc2nc(-c3ccc(Cl)cc3)oc2c1. The molecule has 0 unspecified atom stereocenters. The van der Waals surface area contributed by atoms with Gasteiger partial charge in [0.1, 0.15) is 5.52 Å². The first-order valence-electron chi connectivity index (χ1n) is 5.91. The van der Waals surface area contributed by atoms with E-state index in [1.54, 1.807) is 0 Å². The Hall–Kier alpha value is -1.80. The van der Waals surface area contributed by atoms with E-state index in [4.69, 9.17) is 16.0 Å². The van der Waals surface area contributed by atoms with E-state index in [9.17, 15) is 0 Å². The standard InChI is InChI=1S/C15H12ClNO/c1-2-10-3-8-13-14(9-10)18-15(17-13)11-4-6-12(16)7-5-11/h3-9H,2H2,1H3. The molecule has 18 heavy (non-hydrogen) atoms. The van der Waals surface area contributed by atoms with E-state index in [1.165, 1.54) is 5.56 Å². The van der Waals surface area contributed by atoms with Crippen LogP contribution in [0.2, 0.25) is 5.02 Å². The van der Waals surface area contributed by atoms with E-state index >= 15 is 0 Å². The zero-order valence-corrected chi connectivity index (χ0v) is 10.7. The van der Waals surface area contributed by atoms with Crippen molar-refractivity contribution in [2.24, 2.45) is 0 Å². The Balaban J connectivity index is 2.10. The smallest absolute Gasteiger partial charge is 0.227 e. The highest BCUT2D eigenvalue weighted by Crippen LogP contribution is 2.26. The number of fused-ring (bicyclic) bond motifs is 1. The lowest BCUT2D eigenvalue weighted by Crippen LogP contribution is -1.77. The van der Waals surface area contributed by atoms with Crippen LogP contribution in [0.1, 0.15) is 12.5 Å². The van der Waals surface area contributed by atoms with Crippen LogP contribution in [0.3, 0.4) is 0 Å². The summed E-state index contributed by atoms with van der Waals surface area (Å²) in [6.07, 6.45) is 0.993. The van der Waals surface area contributed by atoms with E-state index in [0.717, 1.165) is 23.1 Å². The summed E-state index contributed by atoms with van der Waals surface area (Å²) in [6, 6.07) is 13.6. The molecule has 2 nitrogen and oxygen atoms in total. The summed E-state index contributed by atoms with van der Waals surface area (Å²) in [5.41, 5.74) is 3.91. The maximum Gasteiger partial charge on any atom is 0.227 e. The van der Waals surface area contributed by atoms with Gasteiger partial charge in [-0.15, -0.1) is 0 Å². The molecular weight excluding hydrogens is 246 g/mol. The topological polar surface area (TPSA) is 26.0 Å². The second kappa shape index (κ2) is 4.46. The quantitative estimate of drug-likeness (QED) is 0.664. The van der Waals surface area contributed by atoms with Crippen molar-refractivity contribution in [3.63, 3.8) is 0 Å². The lowest BCUT2D eigenvalue weighted by Gasteiger charge is -1.94. The van der Waals surface area contributed by atoms with Gasteiger partial charge in [0.25, 0.3) is 0 Å². The van der Waals surface area contributed by atoms with Crippen molar-refractivity contribution in [2.75, 3.05) is 0 Å². The first-order valence-corrected chi connectivity index (χ1v) is 6.29. The second-order valence-corrected chi connectivity index (χ2v) is 4.62. The first kappa shape index (κ1) is 11.3. The van der Waals surface area contributed by atoms with Crippen molar-refractivity contribution in [3.8, 4) is 11.5 Å². The minimum atomic E-state index is 0.634. The molecule has 0 amide bonds. The molecule has 1 heterocycles. The molecule has 1 aromatic heterocycles. The van der Waals surface area contributed by atoms with Gasteiger partial charge in [0, 0.05) is 10.6 Å². The summed E-state index contributed by atoms with van der Waals surface area (Å²) in [5, 5.41) is 0.711. The third-order valence-corrected chi connectivity index (χ3v) is 3.20. The van der Waals surface area contributed by atoms with Gasteiger partial charge in [0.2, 0.25) is 5.89 Å². The highest BCUT2D eigenvalue weighted by atomic mass is 35.5. The van der Waals surface area contributed by atoms with Gasteiger partial charge in [-0.25, -0.2) is 4.98 Å².